The van der Waals surface area contributed by atoms with E-state index in [0.29, 0.717) is 29.4 Å². The van der Waals surface area contributed by atoms with Gasteiger partial charge in [-0.15, -0.1) is 0 Å². The molecule has 0 radical (unpaired) electrons. The summed E-state index contributed by atoms with van der Waals surface area (Å²) in [6.45, 7) is 4.64. The van der Waals surface area contributed by atoms with E-state index in [2.05, 4.69) is 30.6 Å². The van der Waals surface area contributed by atoms with Crippen molar-refractivity contribution in [1.29, 1.82) is 0 Å². The summed E-state index contributed by atoms with van der Waals surface area (Å²) in [7, 11) is 0. The van der Waals surface area contributed by atoms with E-state index in [0.717, 1.165) is 23.5 Å². The molecule has 0 saturated carbocycles. The summed E-state index contributed by atoms with van der Waals surface area (Å²) in [6.07, 6.45) is 2.48. The standard InChI is InChI=1S/C29H28F2N6OS/c1-29(2,22-9-3-4-10-23(22)30)27(38)36-25-12-11-18(15-24(25)31)21-17-33-28-35-19-7-5-8-20(16-19)39-34-14-6-13-32-26(21)37-28/h3-5,7-12,15-17,34H,6,13-14H2,1-2H3,(H,36,38)(H2,32,33,35,37). The van der Waals surface area contributed by atoms with E-state index >= 15 is 4.39 Å². The Morgan fingerprint density at radius 3 is 2.67 bits per heavy atom. The molecular weight excluding hydrogens is 518 g/mol. The van der Waals surface area contributed by atoms with Crippen LogP contribution in [-0.4, -0.2) is 29.0 Å². The van der Waals surface area contributed by atoms with Gasteiger partial charge in [0, 0.05) is 41.0 Å². The largest absolute Gasteiger partial charge is 0.369 e. The van der Waals surface area contributed by atoms with Crippen molar-refractivity contribution in [3.05, 3.63) is 90.1 Å². The van der Waals surface area contributed by atoms with Crippen molar-refractivity contribution in [2.45, 2.75) is 30.6 Å². The van der Waals surface area contributed by atoms with E-state index in [1.807, 2.05) is 24.3 Å². The van der Waals surface area contributed by atoms with Gasteiger partial charge in [0.05, 0.1) is 11.1 Å². The molecule has 1 amide bonds. The molecule has 5 rings (SSSR count). The smallest absolute Gasteiger partial charge is 0.234 e. The Bertz CT molecular complexity index is 1510. The normalized spacial score (nSPS) is 13.6. The molecule has 4 N–H and O–H groups in total. The first-order valence-corrected chi connectivity index (χ1v) is 13.4. The number of hydrogen-bond acceptors (Lipinski definition) is 7. The second-order valence-electron chi connectivity index (χ2n) is 9.64. The molecule has 4 bridgehead atoms. The summed E-state index contributed by atoms with van der Waals surface area (Å²) in [5.74, 6) is -0.658. The SMILES string of the molecule is CC(C)(C(=O)Nc1ccc(-c2cnc3nc2NCCCNSc2cccc(c2)N3)cc1F)c1ccccc1F. The minimum absolute atomic E-state index is 0.00345. The maximum absolute atomic E-state index is 15.2. The third kappa shape index (κ3) is 6.02. The van der Waals surface area contributed by atoms with Crippen LogP contribution in [0.3, 0.4) is 0 Å². The Morgan fingerprint density at radius 1 is 1.00 bits per heavy atom. The number of nitrogens with zero attached hydrogens (tertiary/aromatic N) is 2. The number of carbonyl (C=O) groups excluding carboxylic acids is 1. The summed E-state index contributed by atoms with van der Waals surface area (Å²) in [5, 5.41) is 9.17. The number of halogens is 2. The predicted molar refractivity (Wildman–Crippen MR) is 152 cm³/mol. The molecule has 0 aliphatic carbocycles. The molecule has 0 fully saturated rings. The highest BCUT2D eigenvalue weighted by atomic mass is 32.2. The number of hydrogen-bond donors (Lipinski definition) is 4. The van der Waals surface area contributed by atoms with Crippen molar-refractivity contribution >= 4 is 41.0 Å². The fraction of sp³-hybridized carbons (Fsp3) is 0.207. The van der Waals surface area contributed by atoms with E-state index < -0.39 is 23.0 Å². The molecule has 10 heteroatoms. The molecule has 2 heterocycles. The molecule has 4 aromatic rings. The number of benzene rings is 3. The van der Waals surface area contributed by atoms with E-state index in [9.17, 15) is 9.18 Å². The molecule has 1 aliphatic heterocycles. The van der Waals surface area contributed by atoms with Gasteiger partial charge in [0.2, 0.25) is 11.9 Å². The Morgan fingerprint density at radius 2 is 1.85 bits per heavy atom. The minimum Gasteiger partial charge on any atom is -0.369 e. The van der Waals surface area contributed by atoms with E-state index in [4.69, 9.17) is 0 Å². The van der Waals surface area contributed by atoms with Gasteiger partial charge in [-0.3, -0.25) is 9.52 Å². The average Bonchev–Trinajstić information content (AvgIpc) is 2.92. The zero-order chi connectivity index (χ0) is 27.4. The van der Waals surface area contributed by atoms with Crippen molar-refractivity contribution in [2.75, 3.05) is 29.0 Å². The lowest BCUT2D eigenvalue weighted by atomic mass is 9.83. The van der Waals surface area contributed by atoms with Crippen LogP contribution in [0.25, 0.3) is 11.1 Å². The van der Waals surface area contributed by atoms with Crippen LogP contribution in [-0.2, 0) is 10.2 Å². The first kappa shape index (κ1) is 26.6. The van der Waals surface area contributed by atoms with Crippen LogP contribution >= 0.6 is 11.9 Å². The van der Waals surface area contributed by atoms with Crippen LogP contribution in [0.5, 0.6) is 0 Å². The van der Waals surface area contributed by atoms with Crippen LogP contribution in [0, 0.1) is 11.6 Å². The molecule has 3 aromatic carbocycles. The third-order valence-electron chi connectivity index (χ3n) is 6.46. The number of aromatic nitrogens is 2. The molecule has 0 unspecified atom stereocenters. The van der Waals surface area contributed by atoms with Gasteiger partial charge < -0.3 is 16.0 Å². The number of nitrogens with one attached hydrogen (secondary N) is 4. The van der Waals surface area contributed by atoms with Crippen molar-refractivity contribution in [3.8, 4) is 11.1 Å². The lowest BCUT2D eigenvalue weighted by Crippen LogP contribution is -2.35. The molecular formula is C29H28F2N6OS. The predicted octanol–water partition coefficient (Wildman–Crippen LogP) is 6.49. The lowest BCUT2D eigenvalue weighted by molar-refractivity contribution is -0.120. The Hall–Kier alpha value is -4.02. The first-order valence-electron chi connectivity index (χ1n) is 12.6. The summed E-state index contributed by atoms with van der Waals surface area (Å²) in [5.41, 5.74) is 1.05. The van der Waals surface area contributed by atoms with Crippen molar-refractivity contribution in [3.63, 3.8) is 0 Å². The van der Waals surface area contributed by atoms with Crippen molar-refractivity contribution in [1.82, 2.24) is 14.7 Å². The van der Waals surface area contributed by atoms with Gasteiger partial charge in [-0.25, -0.2) is 13.8 Å². The Labute approximate surface area is 230 Å². The van der Waals surface area contributed by atoms with Gasteiger partial charge in [-0.1, -0.05) is 30.3 Å². The van der Waals surface area contributed by atoms with E-state index in [-0.39, 0.29) is 11.3 Å². The van der Waals surface area contributed by atoms with Gasteiger partial charge in [0.1, 0.15) is 17.5 Å². The quantitative estimate of drug-likeness (QED) is 0.217. The summed E-state index contributed by atoms with van der Waals surface area (Å²) in [4.78, 5) is 23.2. The van der Waals surface area contributed by atoms with Crippen LogP contribution in [0.2, 0.25) is 0 Å². The van der Waals surface area contributed by atoms with Crippen LogP contribution in [0.15, 0.2) is 77.8 Å². The van der Waals surface area contributed by atoms with Gasteiger partial charge in [-0.2, -0.15) is 4.98 Å². The Balaban J connectivity index is 1.40. The molecule has 1 aliphatic rings. The average molecular weight is 547 g/mol. The van der Waals surface area contributed by atoms with E-state index in [1.54, 1.807) is 56.3 Å². The molecule has 39 heavy (non-hydrogen) atoms. The second-order valence-corrected chi connectivity index (χ2v) is 10.6. The summed E-state index contributed by atoms with van der Waals surface area (Å²) in [6, 6.07) is 18.5. The topological polar surface area (TPSA) is 91.0 Å². The highest BCUT2D eigenvalue weighted by molar-refractivity contribution is 7.97. The zero-order valence-electron chi connectivity index (χ0n) is 21.5. The maximum atomic E-state index is 15.2. The molecule has 0 saturated heterocycles. The van der Waals surface area contributed by atoms with Crippen LogP contribution < -0.4 is 20.7 Å². The number of carbonyl (C=O) groups is 1. The van der Waals surface area contributed by atoms with E-state index in [1.165, 1.54) is 18.2 Å². The monoisotopic (exact) mass is 546 g/mol. The highest BCUT2D eigenvalue weighted by Gasteiger charge is 2.32. The maximum Gasteiger partial charge on any atom is 0.234 e. The molecule has 200 valence electrons. The summed E-state index contributed by atoms with van der Waals surface area (Å²) >= 11 is 1.56. The third-order valence-corrected chi connectivity index (χ3v) is 7.30. The van der Waals surface area contributed by atoms with Crippen molar-refractivity contribution < 1.29 is 13.6 Å². The highest BCUT2D eigenvalue weighted by Crippen LogP contribution is 2.32. The number of rotatable bonds is 4. The van der Waals surface area contributed by atoms with Gasteiger partial charge >= 0.3 is 0 Å². The minimum atomic E-state index is -1.21. The fourth-order valence-electron chi connectivity index (χ4n) is 4.21. The molecule has 7 nitrogen and oxygen atoms in total. The van der Waals surface area contributed by atoms with Crippen LogP contribution in [0.4, 0.5) is 31.9 Å². The van der Waals surface area contributed by atoms with Gasteiger partial charge in [-0.05, 0) is 74.2 Å². The van der Waals surface area contributed by atoms with Gasteiger partial charge in [0.15, 0.2) is 0 Å². The first-order chi connectivity index (χ1) is 18.8. The number of amides is 1. The summed E-state index contributed by atoms with van der Waals surface area (Å²) < 4.78 is 32.9. The lowest BCUT2D eigenvalue weighted by Gasteiger charge is -2.25. The molecule has 1 aromatic heterocycles. The Kier molecular flexibility index (Phi) is 7.76. The van der Waals surface area contributed by atoms with Crippen molar-refractivity contribution in [2.24, 2.45) is 0 Å². The zero-order valence-corrected chi connectivity index (χ0v) is 22.3. The van der Waals surface area contributed by atoms with Crippen LogP contribution in [0.1, 0.15) is 25.8 Å². The van der Waals surface area contributed by atoms with Gasteiger partial charge in [0.25, 0.3) is 0 Å². The molecule has 0 spiro atoms. The number of fused-ring (bicyclic) bond motifs is 4. The second kappa shape index (κ2) is 11.4. The number of anilines is 4. The fourth-order valence-corrected chi connectivity index (χ4v) is 4.95. The molecule has 0 atom stereocenters.